The average molecular weight is 424 g/mol. The summed E-state index contributed by atoms with van der Waals surface area (Å²) in [6, 6.07) is 12.6. The Bertz CT molecular complexity index is 1230. The van der Waals surface area contributed by atoms with Crippen LogP contribution in [0.4, 0.5) is 26.3 Å². The number of nitrogens with zero attached hydrogens (tertiary/aromatic N) is 2. The molecule has 0 aliphatic heterocycles. The number of aromatic nitrogens is 2. The number of alkyl halides is 6. The number of hydrogen-bond donors (Lipinski definition) is 1. The van der Waals surface area contributed by atoms with Crippen LogP contribution < -0.4 is 0 Å². The predicted molar refractivity (Wildman–Crippen MR) is 98.6 cm³/mol. The second kappa shape index (κ2) is 7.02. The van der Waals surface area contributed by atoms with Crippen LogP contribution in [0.2, 0.25) is 0 Å². The van der Waals surface area contributed by atoms with Crippen LogP contribution in [-0.4, -0.2) is 14.7 Å². The number of halogens is 6. The summed E-state index contributed by atoms with van der Waals surface area (Å²) in [7, 11) is 0. The van der Waals surface area contributed by atoms with Gasteiger partial charge in [-0.15, -0.1) is 0 Å². The highest BCUT2D eigenvalue weighted by molar-refractivity contribution is 5.86. The van der Waals surface area contributed by atoms with E-state index in [1.54, 1.807) is 29.0 Å². The van der Waals surface area contributed by atoms with E-state index in [1.165, 1.54) is 6.07 Å². The molecule has 9 heteroatoms. The molecule has 156 valence electrons. The van der Waals surface area contributed by atoms with Gasteiger partial charge in [-0.05, 0) is 35.2 Å². The predicted octanol–water partition coefficient (Wildman–Crippen LogP) is 5.96. The summed E-state index contributed by atoms with van der Waals surface area (Å²) in [5.41, 5.74) is -3.14. The van der Waals surface area contributed by atoms with E-state index in [1.807, 2.05) is 12.1 Å². The van der Waals surface area contributed by atoms with Crippen LogP contribution in [0.5, 0.6) is 0 Å². The molecule has 4 rings (SSSR count). The van der Waals surface area contributed by atoms with Crippen LogP contribution in [0, 0.1) is 0 Å². The average Bonchev–Trinajstić information content (AvgIpc) is 3.08. The zero-order chi connectivity index (χ0) is 21.7. The lowest BCUT2D eigenvalue weighted by Gasteiger charge is -2.19. The Labute approximate surface area is 166 Å². The number of pyridine rings is 1. The molecule has 2 aromatic carbocycles. The van der Waals surface area contributed by atoms with E-state index in [4.69, 9.17) is 0 Å². The molecule has 0 bridgehead atoms. The lowest BCUT2D eigenvalue weighted by atomic mass is 9.99. The van der Waals surface area contributed by atoms with Crippen LogP contribution in [0.25, 0.3) is 21.8 Å². The van der Waals surface area contributed by atoms with Crippen LogP contribution >= 0.6 is 0 Å². The van der Waals surface area contributed by atoms with Crippen molar-refractivity contribution >= 4 is 21.8 Å². The monoisotopic (exact) mass is 424 g/mol. The molecule has 1 unspecified atom stereocenters. The Balaban J connectivity index is 1.88. The van der Waals surface area contributed by atoms with Crippen molar-refractivity contribution in [3.8, 4) is 0 Å². The van der Waals surface area contributed by atoms with E-state index in [-0.39, 0.29) is 17.5 Å². The lowest BCUT2D eigenvalue weighted by Crippen LogP contribution is -2.15. The van der Waals surface area contributed by atoms with Gasteiger partial charge in [0.25, 0.3) is 0 Å². The first-order valence-corrected chi connectivity index (χ1v) is 8.85. The van der Waals surface area contributed by atoms with Gasteiger partial charge in [-0.25, -0.2) is 4.98 Å². The molecule has 0 fully saturated rings. The van der Waals surface area contributed by atoms with Crippen LogP contribution in [0.3, 0.4) is 0 Å². The minimum Gasteiger partial charge on any atom is -0.387 e. The Morgan fingerprint density at radius 3 is 2.33 bits per heavy atom. The number of aliphatic hydroxyl groups is 1. The summed E-state index contributed by atoms with van der Waals surface area (Å²) >= 11 is 0. The van der Waals surface area contributed by atoms with E-state index >= 15 is 0 Å². The molecular weight excluding hydrogens is 410 g/mol. The van der Waals surface area contributed by atoms with Gasteiger partial charge in [0.15, 0.2) is 0 Å². The molecule has 2 heterocycles. The summed E-state index contributed by atoms with van der Waals surface area (Å²) < 4.78 is 81.8. The molecule has 3 nitrogen and oxygen atoms in total. The second-order valence-corrected chi connectivity index (χ2v) is 6.84. The number of benzene rings is 2. The van der Waals surface area contributed by atoms with Gasteiger partial charge in [-0.1, -0.05) is 30.3 Å². The van der Waals surface area contributed by atoms with E-state index in [0.717, 1.165) is 17.0 Å². The first-order chi connectivity index (χ1) is 14.1. The third-order valence-corrected chi connectivity index (χ3v) is 4.88. The Kier molecular flexibility index (Phi) is 4.73. The molecule has 0 saturated heterocycles. The van der Waals surface area contributed by atoms with Crippen molar-refractivity contribution in [3.63, 3.8) is 0 Å². The molecule has 0 radical (unpaired) electrons. The van der Waals surface area contributed by atoms with Gasteiger partial charge in [-0.3, -0.25) is 0 Å². The lowest BCUT2D eigenvalue weighted by molar-refractivity contribution is -0.142. The molecule has 1 N–H and O–H groups in total. The fourth-order valence-electron chi connectivity index (χ4n) is 3.51. The maximum Gasteiger partial charge on any atom is 0.433 e. The zero-order valence-electron chi connectivity index (χ0n) is 15.2. The molecule has 30 heavy (non-hydrogen) atoms. The summed E-state index contributed by atoms with van der Waals surface area (Å²) in [5.74, 6) is 0. The molecule has 1 atom stereocenters. The van der Waals surface area contributed by atoms with E-state index in [2.05, 4.69) is 4.98 Å². The molecule has 0 amide bonds. The molecular formula is C21H14F6N2O. The highest BCUT2D eigenvalue weighted by Crippen LogP contribution is 2.39. The standard InChI is InChI=1S/C21H14F6N2O/c22-20(23,24)15-6-3-5-13-14(10-18(21(25,26)27)28-19(13)15)17(30)11-29-9-8-12-4-1-2-7-16(12)29/h1-10,17,30H,11H2. The normalized spacial score (nSPS) is 13.8. The number of aliphatic hydroxyl groups excluding tert-OH is 1. The first kappa shape index (κ1) is 20.2. The Hall–Kier alpha value is -3.07. The quantitative estimate of drug-likeness (QED) is 0.412. The minimum absolute atomic E-state index is 0.139. The van der Waals surface area contributed by atoms with Crippen LogP contribution in [0.15, 0.2) is 60.8 Å². The molecule has 0 saturated carbocycles. The maximum absolute atomic E-state index is 13.4. The highest BCUT2D eigenvalue weighted by Gasteiger charge is 2.38. The molecule has 0 spiro atoms. The van der Waals surface area contributed by atoms with Crippen LogP contribution in [0.1, 0.15) is 22.9 Å². The number of para-hydroxylation sites is 2. The fraction of sp³-hybridized carbons (Fsp3) is 0.190. The van der Waals surface area contributed by atoms with Crippen molar-refractivity contribution in [2.75, 3.05) is 0 Å². The van der Waals surface area contributed by atoms with Gasteiger partial charge in [0.05, 0.1) is 23.7 Å². The van der Waals surface area contributed by atoms with Gasteiger partial charge in [-0.2, -0.15) is 26.3 Å². The van der Waals surface area contributed by atoms with Gasteiger partial charge in [0.1, 0.15) is 5.69 Å². The van der Waals surface area contributed by atoms with Crippen LogP contribution in [-0.2, 0) is 18.9 Å². The van der Waals surface area contributed by atoms with Gasteiger partial charge in [0.2, 0.25) is 0 Å². The Morgan fingerprint density at radius 2 is 1.63 bits per heavy atom. The molecule has 0 aliphatic carbocycles. The van der Waals surface area contributed by atoms with E-state index < -0.39 is 35.2 Å². The minimum atomic E-state index is -4.97. The highest BCUT2D eigenvalue weighted by atomic mass is 19.4. The summed E-state index contributed by atoms with van der Waals surface area (Å²) in [4.78, 5) is 3.24. The largest absolute Gasteiger partial charge is 0.433 e. The van der Waals surface area contributed by atoms with Crippen molar-refractivity contribution < 1.29 is 31.4 Å². The topological polar surface area (TPSA) is 38.0 Å². The summed E-state index contributed by atoms with van der Waals surface area (Å²) in [5, 5.41) is 11.4. The SMILES string of the molecule is OC(Cn1ccc2ccccc21)c1cc(C(F)(F)F)nc2c(C(F)(F)F)cccc12. The zero-order valence-corrected chi connectivity index (χ0v) is 15.2. The van der Waals surface area contributed by atoms with Crippen molar-refractivity contribution in [2.24, 2.45) is 0 Å². The van der Waals surface area contributed by atoms with Gasteiger partial charge >= 0.3 is 12.4 Å². The second-order valence-electron chi connectivity index (χ2n) is 6.84. The molecule has 4 aromatic rings. The van der Waals surface area contributed by atoms with Crippen molar-refractivity contribution in [2.45, 2.75) is 25.0 Å². The molecule has 2 aromatic heterocycles. The summed E-state index contributed by atoms with van der Waals surface area (Å²) in [6.07, 6.45) is -9.70. The van der Waals surface area contributed by atoms with Gasteiger partial charge in [0, 0.05) is 17.1 Å². The fourth-order valence-corrected chi connectivity index (χ4v) is 3.51. The number of rotatable bonds is 3. The van der Waals surface area contributed by atoms with E-state index in [0.29, 0.717) is 12.1 Å². The maximum atomic E-state index is 13.4. The number of fused-ring (bicyclic) bond motifs is 2. The number of hydrogen-bond acceptors (Lipinski definition) is 2. The van der Waals surface area contributed by atoms with Crippen molar-refractivity contribution in [3.05, 3.63) is 77.6 Å². The van der Waals surface area contributed by atoms with Crippen molar-refractivity contribution in [1.82, 2.24) is 9.55 Å². The third kappa shape index (κ3) is 3.60. The first-order valence-electron chi connectivity index (χ1n) is 8.85. The van der Waals surface area contributed by atoms with Crippen molar-refractivity contribution in [1.29, 1.82) is 0 Å². The Morgan fingerprint density at radius 1 is 0.900 bits per heavy atom. The summed E-state index contributed by atoms with van der Waals surface area (Å²) in [6.45, 7) is -0.139. The van der Waals surface area contributed by atoms with E-state index in [9.17, 15) is 31.4 Å². The van der Waals surface area contributed by atoms with Gasteiger partial charge < -0.3 is 9.67 Å². The molecule has 0 aliphatic rings. The smallest absolute Gasteiger partial charge is 0.387 e. The third-order valence-electron chi connectivity index (χ3n) is 4.88.